The number of benzene rings is 1. The van der Waals surface area contributed by atoms with E-state index in [4.69, 9.17) is 0 Å². The van der Waals surface area contributed by atoms with Crippen LogP contribution in [0, 0.1) is 0 Å². The monoisotopic (exact) mass is 246 g/mol. The fraction of sp³-hybridized carbons (Fsp3) is 0.182. The zero-order chi connectivity index (χ0) is 11.8. The van der Waals surface area contributed by atoms with E-state index in [2.05, 4.69) is 15.4 Å². The highest BCUT2D eigenvalue weighted by atomic mass is 32.2. The fourth-order valence-corrected chi connectivity index (χ4v) is 2.18. The number of anilines is 1. The molecule has 0 unspecified atom stereocenters. The summed E-state index contributed by atoms with van der Waals surface area (Å²) in [5.74, 6) is 0.678. The molecule has 1 aliphatic rings. The van der Waals surface area contributed by atoms with E-state index in [9.17, 15) is 4.79 Å². The second-order valence-corrected chi connectivity index (χ2v) is 4.46. The number of nitrogens with zero attached hydrogens (tertiary/aromatic N) is 3. The average molecular weight is 246 g/mol. The van der Waals surface area contributed by atoms with Gasteiger partial charge in [0, 0.05) is 12.1 Å². The summed E-state index contributed by atoms with van der Waals surface area (Å²) in [4.78, 5) is 16.3. The summed E-state index contributed by atoms with van der Waals surface area (Å²) in [6.07, 6.45) is 2.50. The van der Waals surface area contributed by atoms with E-state index in [1.807, 2.05) is 30.5 Å². The van der Waals surface area contributed by atoms with E-state index in [-0.39, 0.29) is 6.03 Å². The number of rotatable bonds is 1. The Balaban J connectivity index is 2.12. The molecule has 0 saturated carbocycles. The summed E-state index contributed by atoms with van der Waals surface area (Å²) in [7, 11) is 0. The first kappa shape index (κ1) is 10.3. The topological polar surface area (TPSA) is 59.8 Å². The maximum atomic E-state index is 11.9. The van der Waals surface area contributed by atoms with E-state index in [1.165, 1.54) is 16.4 Å². The van der Waals surface area contributed by atoms with Crippen molar-refractivity contribution < 1.29 is 4.79 Å². The molecule has 0 saturated heterocycles. The van der Waals surface area contributed by atoms with E-state index in [1.54, 1.807) is 0 Å². The normalized spacial score (nSPS) is 13.6. The summed E-state index contributed by atoms with van der Waals surface area (Å²) in [6, 6.07) is 7.46. The third kappa shape index (κ3) is 1.70. The lowest BCUT2D eigenvalue weighted by Gasteiger charge is -2.04. The van der Waals surface area contributed by atoms with Gasteiger partial charge in [-0.15, -0.1) is 5.10 Å². The van der Waals surface area contributed by atoms with Gasteiger partial charge in [-0.1, -0.05) is 30.0 Å². The van der Waals surface area contributed by atoms with Crippen molar-refractivity contribution in [2.75, 3.05) is 11.6 Å². The van der Waals surface area contributed by atoms with Crippen LogP contribution >= 0.6 is 11.8 Å². The number of carbonyl (C=O) groups is 1. The Kier molecular flexibility index (Phi) is 2.36. The quantitative estimate of drug-likeness (QED) is 0.782. The first-order valence-electron chi connectivity index (χ1n) is 5.17. The summed E-state index contributed by atoms with van der Waals surface area (Å²) in [6.45, 7) is 0. The first-order chi connectivity index (χ1) is 8.28. The Labute approximate surface area is 102 Å². The van der Waals surface area contributed by atoms with Crippen molar-refractivity contribution in [1.82, 2.24) is 14.8 Å². The molecule has 0 fully saturated rings. The Morgan fingerprint density at radius 1 is 1.41 bits per heavy atom. The summed E-state index contributed by atoms with van der Waals surface area (Å²) in [5, 5.41) is 7.60. The van der Waals surface area contributed by atoms with Gasteiger partial charge >= 0.3 is 6.03 Å². The third-order valence-electron chi connectivity index (χ3n) is 2.64. The van der Waals surface area contributed by atoms with Crippen LogP contribution in [0.1, 0.15) is 11.4 Å². The molecule has 1 aromatic heterocycles. The van der Waals surface area contributed by atoms with E-state index < -0.39 is 0 Å². The minimum atomic E-state index is -0.252. The Bertz CT molecular complexity index is 593. The van der Waals surface area contributed by atoms with Gasteiger partial charge in [-0.2, -0.15) is 4.68 Å². The molecule has 86 valence electrons. The predicted octanol–water partition coefficient (Wildman–Crippen LogP) is 1.98. The largest absolute Gasteiger partial charge is 0.348 e. The number of hydrogen-bond donors (Lipinski definition) is 1. The summed E-state index contributed by atoms with van der Waals surface area (Å²) < 4.78 is 1.34. The summed E-state index contributed by atoms with van der Waals surface area (Å²) >= 11 is 1.43. The van der Waals surface area contributed by atoms with Gasteiger partial charge in [0.25, 0.3) is 0 Å². The van der Waals surface area contributed by atoms with Crippen LogP contribution in [0.5, 0.6) is 0 Å². The molecule has 0 aliphatic carbocycles. The van der Waals surface area contributed by atoms with Crippen molar-refractivity contribution in [3.63, 3.8) is 0 Å². The molecule has 1 amide bonds. The molecule has 5 nitrogen and oxygen atoms in total. The molecule has 2 heterocycles. The van der Waals surface area contributed by atoms with Crippen LogP contribution in [-0.2, 0) is 6.42 Å². The van der Waals surface area contributed by atoms with Gasteiger partial charge in [-0.25, -0.2) is 9.78 Å². The molecule has 3 rings (SSSR count). The average Bonchev–Trinajstić information content (AvgIpc) is 2.69. The van der Waals surface area contributed by atoms with E-state index >= 15 is 0 Å². The molecule has 6 heteroatoms. The zero-order valence-electron chi connectivity index (χ0n) is 9.17. The smallest absolute Gasteiger partial charge is 0.306 e. The van der Waals surface area contributed by atoms with Crippen LogP contribution < -0.4 is 5.32 Å². The maximum Gasteiger partial charge on any atom is 0.348 e. The van der Waals surface area contributed by atoms with E-state index in [0.717, 1.165) is 11.3 Å². The third-order valence-corrected chi connectivity index (χ3v) is 3.18. The van der Waals surface area contributed by atoms with Gasteiger partial charge < -0.3 is 5.32 Å². The number of aromatic nitrogens is 3. The molecular formula is C11H10N4OS. The van der Waals surface area contributed by atoms with Gasteiger partial charge in [0.15, 0.2) is 0 Å². The number of carbonyl (C=O) groups excluding carboxylic acids is 1. The van der Waals surface area contributed by atoms with E-state index in [0.29, 0.717) is 17.4 Å². The molecule has 1 aromatic carbocycles. The highest BCUT2D eigenvalue weighted by molar-refractivity contribution is 7.98. The van der Waals surface area contributed by atoms with Gasteiger partial charge in [0.1, 0.15) is 5.82 Å². The standard InChI is InChI=1S/C11H10N4OS/c1-17-10-13-9-6-7-4-2-3-5-8(7)12-11(16)15(9)14-10/h2-5H,6H2,1H3,(H,12,16). The Hall–Kier alpha value is -1.82. The Morgan fingerprint density at radius 2 is 2.24 bits per heavy atom. The van der Waals surface area contributed by atoms with Crippen LogP contribution in [0.2, 0.25) is 0 Å². The molecule has 1 aliphatic heterocycles. The molecule has 0 radical (unpaired) electrons. The number of thioether (sulfide) groups is 1. The number of nitrogens with one attached hydrogen (secondary N) is 1. The lowest BCUT2D eigenvalue weighted by atomic mass is 10.1. The minimum Gasteiger partial charge on any atom is -0.306 e. The lowest BCUT2D eigenvalue weighted by Crippen LogP contribution is -2.20. The minimum absolute atomic E-state index is 0.252. The first-order valence-corrected chi connectivity index (χ1v) is 6.39. The van der Waals surface area contributed by atoms with Crippen molar-refractivity contribution >= 4 is 23.5 Å². The second-order valence-electron chi connectivity index (χ2n) is 3.69. The molecule has 1 N–H and O–H groups in total. The maximum absolute atomic E-state index is 11.9. The van der Waals surface area contributed by atoms with Crippen LogP contribution in [0.25, 0.3) is 0 Å². The second kappa shape index (κ2) is 3.89. The zero-order valence-corrected chi connectivity index (χ0v) is 9.99. The van der Waals surface area contributed by atoms with Gasteiger partial charge in [0.05, 0.1) is 0 Å². The van der Waals surface area contributed by atoms with Crippen LogP contribution in [0.15, 0.2) is 29.4 Å². The molecular weight excluding hydrogens is 236 g/mol. The van der Waals surface area contributed by atoms with Crippen molar-refractivity contribution in [2.45, 2.75) is 11.6 Å². The van der Waals surface area contributed by atoms with Crippen LogP contribution in [-0.4, -0.2) is 27.1 Å². The van der Waals surface area contributed by atoms with Crippen molar-refractivity contribution in [3.05, 3.63) is 35.7 Å². The molecule has 2 aromatic rings. The molecule has 0 bridgehead atoms. The molecule has 0 atom stereocenters. The van der Waals surface area contributed by atoms with Crippen LogP contribution in [0.4, 0.5) is 10.5 Å². The van der Waals surface area contributed by atoms with Crippen LogP contribution in [0.3, 0.4) is 0 Å². The Morgan fingerprint density at radius 3 is 3.06 bits per heavy atom. The number of amides is 1. The molecule has 17 heavy (non-hydrogen) atoms. The predicted molar refractivity (Wildman–Crippen MR) is 65.5 cm³/mol. The highest BCUT2D eigenvalue weighted by Crippen LogP contribution is 2.23. The summed E-state index contributed by atoms with van der Waals surface area (Å²) in [5.41, 5.74) is 1.88. The van der Waals surface area contributed by atoms with Crippen molar-refractivity contribution in [1.29, 1.82) is 0 Å². The SMILES string of the molecule is CSc1nc2n(n1)C(=O)Nc1ccccc1C2. The molecule has 0 spiro atoms. The lowest BCUT2D eigenvalue weighted by molar-refractivity contribution is 0.250. The van der Waals surface area contributed by atoms with Gasteiger partial charge in [-0.05, 0) is 17.9 Å². The fourth-order valence-electron chi connectivity index (χ4n) is 1.82. The number of hydrogen-bond acceptors (Lipinski definition) is 4. The number of para-hydroxylation sites is 1. The number of fused-ring (bicyclic) bond motifs is 2. The van der Waals surface area contributed by atoms with Gasteiger partial charge in [-0.3, -0.25) is 0 Å². The highest BCUT2D eigenvalue weighted by Gasteiger charge is 2.21. The van der Waals surface area contributed by atoms with Crippen molar-refractivity contribution in [2.24, 2.45) is 0 Å². The van der Waals surface area contributed by atoms with Gasteiger partial charge in [0.2, 0.25) is 5.16 Å². The van der Waals surface area contributed by atoms with Crippen molar-refractivity contribution in [3.8, 4) is 0 Å².